The summed E-state index contributed by atoms with van der Waals surface area (Å²) < 4.78 is 0. The normalized spacial score (nSPS) is 26.5. The van der Waals surface area contributed by atoms with Crippen LogP contribution in [0.25, 0.3) is 0 Å². The molecule has 22 heavy (non-hydrogen) atoms. The van der Waals surface area contributed by atoms with E-state index < -0.39 is 0 Å². The highest BCUT2D eigenvalue weighted by Crippen LogP contribution is 2.30. The van der Waals surface area contributed by atoms with E-state index in [1.165, 1.54) is 12.8 Å². The van der Waals surface area contributed by atoms with Gasteiger partial charge in [0.1, 0.15) is 0 Å². The highest BCUT2D eigenvalue weighted by atomic mass is 16.1. The van der Waals surface area contributed by atoms with Crippen LogP contribution in [0.3, 0.4) is 0 Å². The molecule has 2 atom stereocenters. The Kier molecular flexibility index (Phi) is 4.36. The summed E-state index contributed by atoms with van der Waals surface area (Å²) in [5, 5.41) is 3.43. The van der Waals surface area contributed by atoms with Crippen LogP contribution in [-0.4, -0.2) is 55.6 Å². The van der Waals surface area contributed by atoms with Crippen LogP contribution in [0, 0.1) is 0 Å². The average molecular weight is 302 g/mol. The van der Waals surface area contributed by atoms with Crippen molar-refractivity contribution in [3.05, 3.63) is 29.8 Å². The molecular weight excluding hydrogens is 276 g/mol. The van der Waals surface area contributed by atoms with Gasteiger partial charge in [-0.25, -0.2) is 0 Å². The molecule has 1 aromatic rings. The Balaban J connectivity index is 1.61. The maximum Gasteiger partial charge on any atom is 0.248 e. The lowest BCUT2D eigenvalue weighted by Crippen LogP contribution is -2.68. The van der Waals surface area contributed by atoms with Crippen molar-refractivity contribution in [1.29, 1.82) is 0 Å². The summed E-state index contributed by atoms with van der Waals surface area (Å²) in [6.07, 6.45) is 2.52. The number of nitrogens with one attached hydrogen (secondary N) is 1. The van der Waals surface area contributed by atoms with Crippen LogP contribution in [0.1, 0.15) is 30.1 Å². The molecular formula is C17H26N4O. The summed E-state index contributed by atoms with van der Waals surface area (Å²) in [6, 6.07) is 9.43. The molecule has 0 aliphatic carbocycles. The number of likely N-dealkylation sites (tertiary alicyclic amines) is 1. The maximum absolute atomic E-state index is 11.2. The van der Waals surface area contributed by atoms with Gasteiger partial charge < -0.3 is 16.0 Å². The number of piperidine rings is 1. The van der Waals surface area contributed by atoms with Crippen LogP contribution in [-0.2, 0) is 0 Å². The standard InChI is InChI=1S/C17H26N4O/c1-12-16(11-21(12)15-7-9-19-10-8-15)20(2)14-5-3-13(4-6-14)17(18)22/h3-6,12,15-16,19H,7-11H2,1-2H3,(H2,18,22). The Morgan fingerprint density at radius 1 is 1.27 bits per heavy atom. The first-order valence-electron chi connectivity index (χ1n) is 8.17. The predicted octanol–water partition coefficient (Wildman–Crippen LogP) is 1.05. The number of nitrogens with zero attached hydrogens (tertiary/aromatic N) is 2. The summed E-state index contributed by atoms with van der Waals surface area (Å²) in [7, 11) is 2.14. The summed E-state index contributed by atoms with van der Waals surface area (Å²) in [4.78, 5) is 16.1. The monoisotopic (exact) mass is 302 g/mol. The van der Waals surface area contributed by atoms with Gasteiger partial charge in [0, 0.05) is 36.9 Å². The van der Waals surface area contributed by atoms with Crippen molar-refractivity contribution in [2.45, 2.75) is 37.9 Å². The third kappa shape index (κ3) is 2.83. The zero-order chi connectivity index (χ0) is 15.7. The van der Waals surface area contributed by atoms with Gasteiger partial charge in [-0.05, 0) is 57.1 Å². The number of rotatable bonds is 4. The number of carbonyl (C=O) groups is 1. The van der Waals surface area contributed by atoms with Gasteiger partial charge in [0.2, 0.25) is 5.91 Å². The third-order valence-electron chi connectivity index (χ3n) is 5.31. The van der Waals surface area contributed by atoms with E-state index in [4.69, 9.17) is 5.73 Å². The minimum Gasteiger partial charge on any atom is -0.369 e. The van der Waals surface area contributed by atoms with Crippen LogP contribution < -0.4 is 16.0 Å². The quantitative estimate of drug-likeness (QED) is 0.872. The number of anilines is 1. The summed E-state index contributed by atoms with van der Waals surface area (Å²) >= 11 is 0. The van der Waals surface area contributed by atoms with Gasteiger partial charge >= 0.3 is 0 Å². The van der Waals surface area contributed by atoms with Gasteiger partial charge in [-0.1, -0.05) is 0 Å². The van der Waals surface area contributed by atoms with Gasteiger partial charge in [-0.3, -0.25) is 9.69 Å². The number of hydrogen-bond donors (Lipinski definition) is 2. The SMILES string of the molecule is CC1C(N(C)c2ccc(C(N)=O)cc2)CN1C1CCNCC1. The molecule has 120 valence electrons. The molecule has 2 fully saturated rings. The fourth-order valence-corrected chi connectivity index (χ4v) is 3.74. The number of hydrogen-bond acceptors (Lipinski definition) is 4. The van der Waals surface area contributed by atoms with E-state index in [9.17, 15) is 4.79 Å². The van der Waals surface area contributed by atoms with Crippen molar-refractivity contribution in [2.24, 2.45) is 5.73 Å². The molecule has 0 radical (unpaired) electrons. The minimum atomic E-state index is -0.372. The lowest BCUT2D eigenvalue weighted by molar-refractivity contribution is 0.0149. The van der Waals surface area contributed by atoms with Crippen LogP contribution in [0.5, 0.6) is 0 Å². The van der Waals surface area contributed by atoms with Crippen molar-refractivity contribution in [3.63, 3.8) is 0 Å². The Morgan fingerprint density at radius 3 is 2.45 bits per heavy atom. The summed E-state index contributed by atoms with van der Waals surface area (Å²) in [5.41, 5.74) is 7.01. The van der Waals surface area contributed by atoms with Crippen molar-refractivity contribution in [2.75, 3.05) is 31.6 Å². The molecule has 3 rings (SSSR count). The zero-order valence-corrected chi connectivity index (χ0v) is 13.5. The predicted molar refractivity (Wildman–Crippen MR) is 89.2 cm³/mol. The minimum absolute atomic E-state index is 0.372. The molecule has 3 N–H and O–H groups in total. The Labute approximate surface area is 132 Å². The molecule has 0 bridgehead atoms. The molecule has 5 nitrogen and oxygen atoms in total. The number of amides is 1. The van der Waals surface area contributed by atoms with Gasteiger partial charge in [0.25, 0.3) is 0 Å². The van der Waals surface area contributed by atoms with Gasteiger partial charge in [0.15, 0.2) is 0 Å². The number of nitrogens with two attached hydrogens (primary N) is 1. The molecule has 2 heterocycles. The Hall–Kier alpha value is -1.59. The number of benzene rings is 1. The fraction of sp³-hybridized carbons (Fsp3) is 0.588. The molecule has 2 saturated heterocycles. The topological polar surface area (TPSA) is 61.6 Å². The Bertz CT molecular complexity index is 524. The first-order chi connectivity index (χ1) is 10.6. The van der Waals surface area contributed by atoms with E-state index >= 15 is 0 Å². The lowest BCUT2D eigenvalue weighted by atomic mass is 9.90. The highest BCUT2D eigenvalue weighted by molar-refractivity contribution is 5.93. The number of carbonyl (C=O) groups excluding carboxylic acids is 1. The second-order valence-corrected chi connectivity index (χ2v) is 6.51. The van der Waals surface area contributed by atoms with Crippen molar-refractivity contribution in [1.82, 2.24) is 10.2 Å². The lowest BCUT2D eigenvalue weighted by Gasteiger charge is -2.54. The second kappa shape index (κ2) is 6.26. The molecule has 1 amide bonds. The van der Waals surface area contributed by atoms with Crippen LogP contribution in [0.2, 0.25) is 0 Å². The fourth-order valence-electron chi connectivity index (χ4n) is 3.74. The first-order valence-corrected chi connectivity index (χ1v) is 8.17. The Morgan fingerprint density at radius 2 is 1.91 bits per heavy atom. The average Bonchev–Trinajstić information content (AvgIpc) is 2.54. The largest absolute Gasteiger partial charge is 0.369 e. The van der Waals surface area contributed by atoms with Crippen molar-refractivity contribution >= 4 is 11.6 Å². The zero-order valence-electron chi connectivity index (χ0n) is 13.5. The van der Waals surface area contributed by atoms with E-state index in [1.807, 2.05) is 24.3 Å². The highest BCUT2D eigenvalue weighted by Gasteiger charge is 2.41. The third-order valence-corrected chi connectivity index (χ3v) is 5.31. The van der Waals surface area contributed by atoms with E-state index in [-0.39, 0.29) is 5.91 Å². The van der Waals surface area contributed by atoms with Crippen LogP contribution in [0.4, 0.5) is 5.69 Å². The molecule has 2 aliphatic rings. The van der Waals surface area contributed by atoms with Crippen molar-refractivity contribution < 1.29 is 4.79 Å². The number of primary amides is 1. The number of likely N-dealkylation sites (N-methyl/N-ethyl adjacent to an activating group) is 1. The summed E-state index contributed by atoms with van der Waals surface area (Å²) in [5.74, 6) is -0.372. The summed E-state index contributed by atoms with van der Waals surface area (Å²) in [6.45, 7) is 5.73. The smallest absolute Gasteiger partial charge is 0.248 e. The molecule has 0 spiro atoms. The molecule has 1 aromatic carbocycles. The van der Waals surface area contributed by atoms with Crippen molar-refractivity contribution in [3.8, 4) is 0 Å². The molecule has 0 aromatic heterocycles. The van der Waals surface area contributed by atoms with Crippen LogP contribution in [0.15, 0.2) is 24.3 Å². The van der Waals surface area contributed by atoms with Gasteiger partial charge in [-0.2, -0.15) is 0 Å². The van der Waals surface area contributed by atoms with Gasteiger partial charge in [0.05, 0.1) is 6.04 Å². The molecule has 2 unspecified atom stereocenters. The van der Waals surface area contributed by atoms with Crippen LogP contribution >= 0.6 is 0 Å². The first kappa shape index (κ1) is 15.3. The molecule has 5 heteroatoms. The van der Waals surface area contributed by atoms with E-state index in [0.29, 0.717) is 17.6 Å². The van der Waals surface area contributed by atoms with Gasteiger partial charge in [-0.15, -0.1) is 0 Å². The maximum atomic E-state index is 11.2. The van der Waals surface area contributed by atoms with E-state index in [1.54, 1.807) is 0 Å². The van der Waals surface area contributed by atoms with E-state index in [0.717, 1.165) is 31.4 Å². The van der Waals surface area contributed by atoms with E-state index in [2.05, 4.69) is 29.1 Å². The molecule has 2 aliphatic heterocycles. The molecule has 0 saturated carbocycles. The second-order valence-electron chi connectivity index (χ2n) is 6.51.